The molecule has 108 valence electrons. The van der Waals surface area contributed by atoms with Crippen LogP contribution in [0.25, 0.3) is 0 Å². The molecule has 0 aliphatic heterocycles. The third-order valence-corrected chi connectivity index (χ3v) is 3.53. The summed E-state index contributed by atoms with van der Waals surface area (Å²) in [6.45, 7) is 0. The first-order valence-corrected chi connectivity index (χ1v) is 6.47. The van der Waals surface area contributed by atoms with Gasteiger partial charge < -0.3 is 10.4 Å². The van der Waals surface area contributed by atoms with Gasteiger partial charge in [-0.25, -0.2) is 9.97 Å². The molecule has 1 heterocycles. The molecule has 0 spiro atoms. The molecule has 8 heteroatoms. The van der Waals surface area contributed by atoms with E-state index in [2.05, 4.69) is 15.3 Å². The predicted molar refractivity (Wildman–Crippen MR) is 70.4 cm³/mol. The normalized spacial score (nSPS) is 17.4. The van der Waals surface area contributed by atoms with Crippen LogP contribution in [0, 0.1) is 10.1 Å². The molecule has 0 atom stereocenters. The minimum atomic E-state index is -0.874. The summed E-state index contributed by atoms with van der Waals surface area (Å²) in [6, 6.07) is 0. The molecule has 0 saturated heterocycles. The Hall–Kier alpha value is -2.25. The van der Waals surface area contributed by atoms with E-state index in [1.54, 1.807) is 0 Å². The molecule has 0 unspecified atom stereocenters. The van der Waals surface area contributed by atoms with Crippen LogP contribution in [0.3, 0.4) is 0 Å². The Morgan fingerprint density at radius 3 is 2.45 bits per heavy atom. The number of rotatable bonds is 5. The second kappa shape index (κ2) is 5.81. The van der Waals surface area contributed by atoms with Crippen LogP contribution in [-0.4, -0.2) is 31.5 Å². The molecule has 20 heavy (non-hydrogen) atoms. The van der Waals surface area contributed by atoms with Gasteiger partial charge in [0.2, 0.25) is 5.95 Å². The fourth-order valence-electron chi connectivity index (χ4n) is 2.58. The largest absolute Gasteiger partial charge is 0.481 e. The van der Waals surface area contributed by atoms with Crippen LogP contribution in [-0.2, 0) is 4.79 Å². The van der Waals surface area contributed by atoms with Crippen molar-refractivity contribution < 1.29 is 14.8 Å². The Balaban J connectivity index is 2.14. The van der Waals surface area contributed by atoms with E-state index >= 15 is 0 Å². The zero-order valence-electron chi connectivity index (χ0n) is 10.9. The van der Waals surface area contributed by atoms with Crippen LogP contribution in [0.2, 0.25) is 0 Å². The highest BCUT2D eigenvalue weighted by molar-refractivity contribution is 5.69. The molecular formula is C12H16N4O4. The van der Waals surface area contributed by atoms with Gasteiger partial charge in [-0.3, -0.25) is 14.9 Å². The number of nitro groups is 1. The summed E-state index contributed by atoms with van der Waals surface area (Å²) >= 11 is 0. The van der Waals surface area contributed by atoms with Crippen LogP contribution in [0.15, 0.2) is 12.4 Å². The Kier molecular flexibility index (Phi) is 4.11. The molecule has 1 aromatic rings. The molecule has 8 nitrogen and oxygen atoms in total. The van der Waals surface area contributed by atoms with E-state index < -0.39 is 16.4 Å². The summed E-state index contributed by atoms with van der Waals surface area (Å²) in [4.78, 5) is 28.8. The quantitative estimate of drug-likeness (QED) is 0.625. The summed E-state index contributed by atoms with van der Waals surface area (Å²) in [7, 11) is 0. The van der Waals surface area contributed by atoms with Gasteiger partial charge in [0, 0.05) is 0 Å². The number of aromatic nitrogens is 2. The van der Waals surface area contributed by atoms with E-state index in [0.29, 0.717) is 0 Å². The van der Waals surface area contributed by atoms with Crippen molar-refractivity contribution in [3.05, 3.63) is 22.5 Å². The smallest absolute Gasteiger partial charge is 0.305 e. The Bertz CT molecular complexity index is 497. The average molecular weight is 280 g/mol. The summed E-state index contributed by atoms with van der Waals surface area (Å²) in [6.07, 6.45) is 6.69. The summed E-state index contributed by atoms with van der Waals surface area (Å²) in [5.41, 5.74) is -0.744. The van der Waals surface area contributed by atoms with Crippen molar-refractivity contribution in [1.29, 1.82) is 0 Å². The third-order valence-electron chi connectivity index (χ3n) is 3.53. The van der Waals surface area contributed by atoms with Gasteiger partial charge in [0.15, 0.2) is 0 Å². The second-order valence-corrected chi connectivity index (χ2v) is 5.06. The first-order valence-electron chi connectivity index (χ1n) is 6.47. The number of carboxylic acid groups (broad SMARTS) is 1. The van der Waals surface area contributed by atoms with Crippen LogP contribution >= 0.6 is 0 Å². The average Bonchev–Trinajstić information content (AvgIpc) is 2.39. The van der Waals surface area contributed by atoms with Gasteiger partial charge in [-0.1, -0.05) is 19.3 Å². The number of carbonyl (C=O) groups is 1. The fourth-order valence-corrected chi connectivity index (χ4v) is 2.58. The van der Waals surface area contributed by atoms with E-state index in [9.17, 15) is 14.9 Å². The van der Waals surface area contributed by atoms with Crippen molar-refractivity contribution in [2.75, 3.05) is 5.32 Å². The van der Waals surface area contributed by atoms with Gasteiger partial charge in [0.1, 0.15) is 12.4 Å². The number of aliphatic carboxylic acids is 1. The van der Waals surface area contributed by atoms with Crippen molar-refractivity contribution in [1.82, 2.24) is 9.97 Å². The van der Waals surface area contributed by atoms with Gasteiger partial charge in [0.05, 0.1) is 16.9 Å². The lowest BCUT2D eigenvalue weighted by molar-refractivity contribution is -0.385. The van der Waals surface area contributed by atoms with E-state index in [4.69, 9.17) is 5.11 Å². The number of carboxylic acids is 1. The Morgan fingerprint density at radius 2 is 1.95 bits per heavy atom. The molecule has 1 fully saturated rings. The molecule has 0 bridgehead atoms. The zero-order chi connectivity index (χ0) is 14.6. The van der Waals surface area contributed by atoms with Gasteiger partial charge in [-0.2, -0.15) is 0 Å². The fraction of sp³-hybridized carbons (Fsp3) is 0.583. The molecule has 0 aromatic carbocycles. The highest BCUT2D eigenvalue weighted by Gasteiger charge is 2.35. The molecule has 2 N–H and O–H groups in total. The maximum atomic E-state index is 11.0. The van der Waals surface area contributed by atoms with Gasteiger partial charge in [0.25, 0.3) is 0 Å². The Labute approximate surface area is 115 Å². The Morgan fingerprint density at radius 1 is 1.35 bits per heavy atom. The molecule has 1 aromatic heterocycles. The van der Waals surface area contributed by atoms with Gasteiger partial charge in [-0.15, -0.1) is 0 Å². The molecular weight excluding hydrogens is 264 g/mol. The van der Waals surface area contributed by atoms with Crippen molar-refractivity contribution in [3.63, 3.8) is 0 Å². The summed E-state index contributed by atoms with van der Waals surface area (Å²) in [5, 5.41) is 22.7. The van der Waals surface area contributed by atoms with Gasteiger partial charge >= 0.3 is 11.7 Å². The highest BCUT2D eigenvalue weighted by atomic mass is 16.6. The first-order chi connectivity index (χ1) is 9.51. The van der Waals surface area contributed by atoms with Crippen LogP contribution < -0.4 is 5.32 Å². The predicted octanol–water partition coefficient (Wildman–Crippen LogP) is 1.97. The standard InChI is InChI=1S/C12H16N4O4/c17-10(18)6-12(4-2-1-3-5-12)15-11-13-7-9(8-14-11)16(19)20/h7-8H,1-6H2,(H,17,18)(H,13,14,15). The SMILES string of the molecule is O=C(O)CC1(Nc2ncc([N+](=O)[O-])cn2)CCCCC1. The maximum absolute atomic E-state index is 11.0. The van der Waals surface area contributed by atoms with E-state index in [-0.39, 0.29) is 18.1 Å². The molecule has 0 amide bonds. The maximum Gasteiger partial charge on any atom is 0.305 e. The molecule has 1 aliphatic rings. The van der Waals surface area contributed by atoms with Crippen molar-refractivity contribution in [3.8, 4) is 0 Å². The molecule has 1 aliphatic carbocycles. The zero-order valence-corrected chi connectivity index (χ0v) is 10.9. The minimum Gasteiger partial charge on any atom is -0.481 e. The van der Waals surface area contributed by atoms with Crippen molar-refractivity contribution in [2.24, 2.45) is 0 Å². The lowest BCUT2D eigenvalue weighted by Crippen LogP contribution is -2.42. The number of hydrogen-bond acceptors (Lipinski definition) is 6. The van der Waals surface area contributed by atoms with Crippen LogP contribution in [0.5, 0.6) is 0 Å². The third kappa shape index (κ3) is 3.40. The van der Waals surface area contributed by atoms with E-state index in [0.717, 1.165) is 44.5 Å². The van der Waals surface area contributed by atoms with E-state index in [1.807, 2.05) is 0 Å². The van der Waals surface area contributed by atoms with Crippen LogP contribution in [0.1, 0.15) is 38.5 Å². The van der Waals surface area contributed by atoms with Crippen molar-refractivity contribution >= 4 is 17.6 Å². The number of anilines is 1. The van der Waals surface area contributed by atoms with Crippen LogP contribution in [0.4, 0.5) is 11.6 Å². The number of nitrogens with zero attached hydrogens (tertiary/aromatic N) is 3. The van der Waals surface area contributed by atoms with Crippen molar-refractivity contribution in [2.45, 2.75) is 44.1 Å². The summed E-state index contributed by atoms with van der Waals surface area (Å²) in [5.74, 6) is -0.639. The lowest BCUT2D eigenvalue weighted by atomic mass is 9.79. The molecule has 1 saturated carbocycles. The number of nitrogens with one attached hydrogen (secondary N) is 1. The summed E-state index contributed by atoms with van der Waals surface area (Å²) < 4.78 is 0. The number of hydrogen-bond donors (Lipinski definition) is 2. The first kappa shape index (κ1) is 14.2. The monoisotopic (exact) mass is 280 g/mol. The molecule has 2 rings (SSSR count). The second-order valence-electron chi connectivity index (χ2n) is 5.06. The van der Waals surface area contributed by atoms with E-state index in [1.165, 1.54) is 0 Å². The minimum absolute atomic E-state index is 0.00660. The topological polar surface area (TPSA) is 118 Å². The lowest BCUT2D eigenvalue weighted by Gasteiger charge is -2.36. The highest BCUT2D eigenvalue weighted by Crippen LogP contribution is 2.33. The molecule has 0 radical (unpaired) electrons. The van der Waals surface area contributed by atoms with Gasteiger partial charge in [-0.05, 0) is 12.8 Å².